The maximum Gasteiger partial charge on any atom is 0.161 e. The van der Waals surface area contributed by atoms with Gasteiger partial charge in [-0.25, -0.2) is 4.98 Å². The number of anilines is 1. The van der Waals surface area contributed by atoms with Gasteiger partial charge in [0.25, 0.3) is 0 Å². The van der Waals surface area contributed by atoms with Crippen LogP contribution in [0.25, 0.3) is 11.3 Å². The second kappa shape index (κ2) is 15.7. The Hall–Kier alpha value is -3.12. The van der Waals surface area contributed by atoms with E-state index in [0.29, 0.717) is 12.4 Å². The molecule has 0 saturated heterocycles. The highest BCUT2D eigenvalue weighted by Crippen LogP contribution is 2.32. The number of aromatic nitrogens is 2. The molecule has 0 aliphatic heterocycles. The minimum absolute atomic E-state index is 0.127. The van der Waals surface area contributed by atoms with E-state index in [-0.39, 0.29) is 6.04 Å². The van der Waals surface area contributed by atoms with Crippen LogP contribution in [0, 0.1) is 0 Å². The van der Waals surface area contributed by atoms with Crippen molar-refractivity contribution in [1.29, 1.82) is 0 Å². The zero-order valence-electron chi connectivity index (χ0n) is 22.3. The first kappa shape index (κ1) is 28.1. The largest absolute Gasteiger partial charge is 0.493 e. The Balaban J connectivity index is 0.00000137. The van der Waals surface area contributed by atoms with Crippen molar-refractivity contribution in [3.8, 4) is 22.8 Å². The van der Waals surface area contributed by atoms with E-state index < -0.39 is 0 Å². The molecule has 0 spiro atoms. The fraction of sp³-hybridized carbons (Fsp3) is 0.448. The minimum Gasteiger partial charge on any atom is -0.493 e. The summed E-state index contributed by atoms with van der Waals surface area (Å²) in [6, 6.07) is 16.3. The number of ether oxygens (including phenoxy) is 2. The molecular formula is C29H42N4O2. The molecule has 0 saturated carbocycles. The highest BCUT2D eigenvalue weighted by molar-refractivity contribution is 5.64. The van der Waals surface area contributed by atoms with E-state index in [9.17, 15) is 0 Å². The second-order valence-corrected chi connectivity index (χ2v) is 8.37. The van der Waals surface area contributed by atoms with Gasteiger partial charge in [-0.05, 0) is 50.2 Å². The number of hydrogen-bond acceptors (Lipinski definition) is 6. The van der Waals surface area contributed by atoms with E-state index in [1.165, 1.54) is 12.0 Å². The van der Waals surface area contributed by atoms with E-state index in [2.05, 4.69) is 62.0 Å². The van der Waals surface area contributed by atoms with Crippen LogP contribution in [0.1, 0.15) is 59.1 Å². The van der Waals surface area contributed by atoms with Crippen LogP contribution >= 0.6 is 0 Å². The summed E-state index contributed by atoms with van der Waals surface area (Å²) in [5.41, 5.74) is 2.91. The predicted octanol–water partition coefficient (Wildman–Crippen LogP) is 6.85. The smallest absolute Gasteiger partial charge is 0.161 e. The quantitative estimate of drug-likeness (QED) is 0.287. The van der Waals surface area contributed by atoms with Crippen LogP contribution in [-0.2, 0) is 0 Å². The van der Waals surface area contributed by atoms with Gasteiger partial charge in [0.15, 0.2) is 11.5 Å². The molecular weight excluding hydrogens is 436 g/mol. The lowest BCUT2D eigenvalue weighted by molar-refractivity contribution is 0.242. The molecule has 1 aromatic heterocycles. The zero-order valence-corrected chi connectivity index (χ0v) is 22.3. The molecule has 0 amide bonds. The van der Waals surface area contributed by atoms with Crippen molar-refractivity contribution in [3.63, 3.8) is 0 Å². The summed E-state index contributed by atoms with van der Waals surface area (Å²) in [6.07, 6.45) is 5.73. The van der Waals surface area contributed by atoms with Gasteiger partial charge in [-0.1, -0.05) is 64.4 Å². The normalized spacial score (nSPS) is 11.4. The van der Waals surface area contributed by atoms with E-state index in [4.69, 9.17) is 14.5 Å². The molecule has 0 radical (unpaired) electrons. The summed E-state index contributed by atoms with van der Waals surface area (Å²) in [5.74, 6) is 2.17. The number of hydrogen-bond donors (Lipinski definition) is 1. The SMILES string of the molecule is CCC.CCN(CC)CCCOc1ccc(-c2cncc(NC(C)c3ccccc3)n2)cc1OC. The van der Waals surface area contributed by atoms with Gasteiger partial charge in [0, 0.05) is 18.2 Å². The molecule has 2 aromatic carbocycles. The van der Waals surface area contributed by atoms with Crippen molar-refractivity contribution in [2.45, 2.75) is 53.5 Å². The first-order chi connectivity index (χ1) is 17.1. The second-order valence-electron chi connectivity index (χ2n) is 8.37. The third-order valence-electron chi connectivity index (χ3n) is 5.53. The van der Waals surface area contributed by atoms with Gasteiger partial charge in [-0.2, -0.15) is 0 Å². The van der Waals surface area contributed by atoms with Gasteiger partial charge in [0.2, 0.25) is 0 Å². The summed E-state index contributed by atoms with van der Waals surface area (Å²) in [7, 11) is 1.66. The van der Waals surface area contributed by atoms with E-state index in [1.807, 2.05) is 36.4 Å². The number of rotatable bonds is 12. The maximum absolute atomic E-state index is 5.98. The van der Waals surface area contributed by atoms with Gasteiger partial charge in [-0.3, -0.25) is 4.98 Å². The first-order valence-corrected chi connectivity index (χ1v) is 12.7. The Labute approximate surface area is 211 Å². The fourth-order valence-electron chi connectivity index (χ4n) is 3.58. The van der Waals surface area contributed by atoms with Crippen LogP contribution in [0.4, 0.5) is 5.82 Å². The maximum atomic E-state index is 5.98. The molecule has 6 heteroatoms. The van der Waals surface area contributed by atoms with Crippen molar-refractivity contribution < 1.29 is 9.47 Å². The molecule has 190 valence electrons. The number of nitrogens with zero attached hydrogens (tertiary/aromatic N) is 3. The lowest BCUT2D eigenvalue weighted by atomic mass is 10.1. The Bertz CT molecular complexity index is 977. The number of benzene rings is 2. The van der Waals surface area contributed by atoms with E-state index in [1.54, 1.807) is 19.5 Å². The summed E-state index contributed by atoms with van der Waals surface area (Å²) in [6.45, 7) is 14.5. The molecule has 1 unspecified atom stereocenters. The third kappa shape index (κ3) is 9.21. The molecule has 0 bridgehead atoms. The standard InChI is InChI=1S/C26H34N4O2.C3H8/c1-5-30(6-2)15-10-16-32-24-14-13-22(17-25(24)31-4)23-18-27-19-26(29-23)28-20(3)21-11-8-7-9-12-21;1-3-2/h7-9,11-14,17-20H,5-6,10,15-16H2,1-4H3,(H,28,29);3H2,1-2H3. The average molecular weight is 479 g/mol. The molecule has 0 fully saturated rings. The molecule has 0 aliphatic rings. The summed E-state index contributed by atoms with van der Waals surface area (Å²) < 4.78 is 11.6. The van der Waals surface area contributed by atoms with Crippen LogP contribution < -0.4 is 14.8 Å². The van der Waals surface area contributed by atoms with Gasteiger partial charge in [0.05, 0.1) is 31.8 Å². The highest BCUT2D eigenvalue weighted by Gasteiger charge is 2.11. The zero-order chi connectivity index (χ0) is 25.5. The van der Waals surface area contributed by atoms with Crippen molar-refractivity contribution in [3.05, 3.63) is 66.5 Å². The third-order valence-corrected chi connectivity index (χ3v) is 5.53. The minimum atomic E-state index is 0.127. The topological polar surface area (TPSA) is 59.5 Å². The van der Waals surface area contributed by atoms with Crippen molar-refractivity contribution in [2.24, 2.45) is 0 Å². The molecule has 1 N–H and O–H groups in total. The Morgan fingerprint density at radius 3 is 2.31 bits per heavy atom. The molecule has 3 rings (SSSR count). The van der Waals surface area contributed by atoms with E-state index >= 15 is 0 Å². The molecule has 6 nitrogen and oxygen atoms in total. The van der Waals surface area contributed by atoms with Crippen molar-refractivity contribution in [2.75, 3.05) is 38.7 Å². The van der Waals surface area contributed by atoms with Crippen LogP contribution in [0.3, 0.4) is 0 Å². The molecule has 1 atom stereocenters. The number of nitrogens with one attached hydrogen (secondary N) is 1. The van der Waals surface area contributed by atoms with E-state index in [0.717, 1.165) is 48.9 Å². The molecule has 1 heterocycles. The number of methoxy groups -OCH3 is 1. The molecule has 0 aliphatic carbocycles. The summed E-state index contributed by atoms with van der Waals surface area (Å²) in [4.78, 5) is 11.5. The predicted molar refractivity (Wildman–Crippen MR) is 146 cm³/mol. The Morgan fingerprint density at radius 2 is 1.66 bits per heavy atom. The van der Waals surface area contributed by atoms with Gasteiger partial charge < -0.3 is 19.7 Å². The lowest BCUT2D eigenvalue weighted by Crippen LogP contribution is -2.25. The van der Waals surface area contributed by atoms with Crippen LogP contribution in [0.5, 0.6) is 11.5 Å². The average Bonchev–Trinajstić information content (AvgIpc) is 2.90. The molecule has 3 aromatic rings. The lowest BCUT2D eigenvalue weighted by Gasteiger charge is -2.18. The van der Waals surface area contributed by atoms with Crippen LogP contribution in [-0.4, -0.2) is 48.2 Å². The first-order valence-electron chi connectivity index (χ1n) is 12.7. The fourth-order valence-corrected chi connectivity index (χ4v) is 3.58. The van der Waals surface area contributed by atoms with Gasteiger partial charge >= 0.3 is 0 Å². The van der Waals surface area contributed by atoms with Gasteiger partial charge in [0.1, 0.15) is 5.82 Å². The van der Waals surface area contributed by atoms with Crippen molar-refractivity contribution >= 4 is 5.82 Å². The highest BCUT2D eigenvalue weighted by atomic mass is 16.5. The van der Waals surface area contributed by atoms with Gasteiger partial charge in [-0.15, -0.1) is 0 Å². The Kier molecular flexibility index (Phi) is 12.6. The van der Waals surface area contributed by atoms with Crippen LogP contribution in [0.15, 0.2) is 60.9 Å². The molecule has 35 heavy (non-hydrogen) atoms. The summed E-state index contributed by atoms with van der Waals surface area (Å²) in [5, 5.41) is 3.43. The summed E-state index contributed by atoms with van der Waals surface area (Å²) >= 11 is 0. The van der Waals surface area contributed by atoms with Crippen LogP contribution in [0.2, 0.25) is 0 Å². The Morgan fingerprint density at radius 1 is 0.943 bits per heavy atom. The monoisotopic (exact) mass is 478 g/mol. The van der Waals surface area contributed by atoms with Crippen molar-refractivity contribution in [1.82, 2.24) is 14.9 Å².